The Morgan fingerprint density at radius 1 is 1.39 bits per heavy atom. The molecule has 1 aliphatic rings. The minimum absolute atomic E-state index is 0.0557. The largest absolute Gasteiger partial charge is 0.573 e. The zero-order chi connectivity index (χ0) is 22.6. The maximum absolute atomic E-state index is 12.4. The zero-order valence-corrected chi connectivity index (χ0v) is 16.3. The van der Waals surface area contributed by atoms with E-state index in [-0.39, 0.29) is 18.7 Å². The number of carbonyl (C=O) groups excluding carboxylic acids is 1. The predicted octanol–water partition coefficient (Wildman–Crippen LogP) is 3.42. The smallest absolute Gasteiger partial charge is 0.492 e. The van der Waals surface area contributed by atoms with Crippen LogP contribution in [-0.4, -0.2) is 30.1 Å². The number of amides is 1. The predicted molar refractivity (Wildman–Crippen MR) is 105 cm³/mol. The van der Waals surface area contributed by atoms with E-state index in [0.29, 0.717) is 41.0 Å². The minimum Gasteiger partial charge on any atom is -0.492 e. The van der Waals surface area contributed by atoms with Gasteiger partial charge in [-0.2, -0.15) is 5.26 Å². The molecule has 0 unspecified atom stereocenters. The molecule has 31 heavy (non-hydrogen) atoms. The van der Waals surface area contributed by atoms with Crippen molar-refractivity contribution >= 4 is 5.91 Å². The van der Waals surface area contributed by atoms with Crippen molar-refractivity contribution in [3.05, 3.63) is 59.7 Å². The van der Waals surface area contributed by atoms with Gasteiger partial charge in [0.2, 0.25) is 5.91 Å². The lowest BCUT2D eigenvalue weighted by molar-refractivity contribution is -0.274. The molecule has 162 valence electrons. The summed E-state index contributed by atoms with van der Waals surface area (Å²) in [5, 5.41) is 21.6. The number of halogens is 3. The van der Waals surface area contributed by atoms with Crippen LogP contribution in [-0.2, 0) is 24.2 Å². The van der Waals surface area contributed by atoms with E-state index in [1.807, 2.05) is 0 Å². The molecule has 6 nitrogen and oxygen atoms in total. The van der Waals surface area contributed by atoms with Gasteiger partial charge in [0.1, 0.15) is 17.6 Å². The summed E-state index contributed by atoms with van der Waals surface area (Å²) in [6.45, 7) is 3.91. The number of nitrogens with zero attached hydrogens (tertiary/aromatic N) is 1. The van der Waals surface area contributed by atoms with Gasteiger partial charge in [0, 0.05) is 30.5 Å². The van der Waals surface area contributed by atoms with Crippen molar-refractivity contribution in [2.45, 2.75) is 31.9 Å². The monoisotopic (exact) mass is 432 g/mol. The molecule has 0 bridgehead atoms. The summed E-state index contributed by atoms with van der Waals surface area (Å²) in [4.78, 5) is 11.7. The third-order valence-corrected chi connectivity index (χ3v) is 4.77. The van der Waals surface area contributed by atoms with Gasteiger partial charge in [-0.15, -0.1) is 13.2 Å². The number of aliphatic hydroxyl groups excluding tert-OH is 1. The molecule has 0 saturated carbocycles. The second-order valence-corrected chi connectivity index (χ2v) is 6.81. The second kappa shape index (κ2) is 9.10. The van der Waals surface area contributed by atoms with Gasteiger partial charge in [0.05, 0.1) is 12.7 Å². The normalized spacial score (nSPS) is 13.5. The highest BCUT2D eigenvalue weighted by atomic mass is 19.4. The fourth-order valence-electron chi connectivity index (χ4n) is 3.46. The number of benzene rings is 2. The van der Waals surface area contributed by atoms with E-state index in [2.05, 4.69) is 16.6 Å². The number of fused-ring (bicyclic) bond motifs is 1. The standard InChI is InChI=1S/C22H19F3N2O4/c1-2-20(29)27-12-14-9-19(13-3-5-16(6-4-13)31-22(23,24)25)21-17(7-8-30-21)18(14)10-15(28)11-26/h2-6,9,15,28H,1,7-8,10,12H2,(H,27,29)/t15-/m1/s1. The first-order chi connectivity index (χ1) is 14.7. The number of nitrogens with one attached hydrogen (secondary N) is 1. The Bertz CT molecular complexity index is 1030. The molecule has 0 spiro atoms. The molecule has 1 heterocycles. The fraction of sp³-hybridized carbons (Fsp3) is 0.273. The highest BCUT2D eigenvalue weighted by Gasteiger charge is 2.31. The van der Waals surface area contributed by atoms with Crippen LogP contribution in [0, 0.1) is 11.3 Å². The van der Waals surface area contributed by atoms with Gasteiger partial charge in [-0.25, -0.2) is 0 Å². The lowest BCUT2D eigenvalue weighted by Crippen LogP contribution is -2.22. The molecule has 1 amide bonds. The van der Waals surface area contributed by atoms with E-state index in [9.17, 15) is 23.1 Å². The Labute approximate surface area is 176 Å². The Morgan fingerprint density at radius 3 is 2.71 bits per heavy atom. The third-order valence-electron chi connectivity index (χ3n) is 4.77. The zero-order valence-electron chi connectivity index (χ0n) is 16.3. The van der Waals surface area contributed by atoms with E-state index in [4.69, 9.17) is 10.00 Å². The van der Waals surface area contributed by atoms with Crippen LogP contribution in [0.15, 0.2) is 43.0 Å². The molecular weight excluding hydrogens is 413 g/mol. The molecule has 3 rings (SSSR count). The third kappa shape index (κ3) is 5.35. The van der Waals surface area contributed by atoms with Crippen molar-refractivity contribution in [3.8, 4) is 28.7 Å². The van der Waals surface area contributed by atoms with Crippen LogP contribution in [0.2, 0.25) is 0 Å². The van der Waals surface area contributed by atoms with Crippen LogP contribution in [0.4, 0.5) is 13.2 Å². The topological polar surface area (TPSA) is 91.6 Å². The van der Waals surface area contributed by atoms with E-state index in [1.165, 1.54) is 24.3 Å². The van der Waals surface area contributed by atoms with Crippen LogP contribution in [0.5, 0.6) is 11.5 Å². The number of aliphatic hydroxyl groups is 1. The fourth-order valence-corrected chi connectivity index (χ4v) is 3.46. The number of hydrogen-bond acceptors (Lipinski definition) is 5. The molecular formula is C22H19F3N2O4. The number of ether oxygens (including phenoxy) is 2. The number of alkyl halides is 3. The van der Waals surface area contributed by atoms with E-state index in [1.54, 1.807) is 12.1 Å². The molecule has 2 N–H and O–H groups in total. The van der Waals surface area contributed by atoms with Crippen LogP contribution < -0.4 is 14.8 Å². The first-order valence-electron chi connectivity index (χ1n) is 9.36. The van der Waals surface area contributed by atoms with Gasteiger partial charge in [-0.3, -0.25) is 4.79 Å². The van der Waals surface area contributed by atoms with Gasteiger partial charge in [0.15, 0.2) is 0 Å². The summed E-state index contributed by atoms with van der Waals surface area (Å²) in [6, 6.07) is 8.90. The summed E-state index contributed by atoms with van der Waals surface area (Å²) in [5.41, 5.74) is 3.39. The van der Waals surface area contributed by atoms with Gasteiger partial charge >= 0.3 is 6.36 Å². The second-order valence-electron chi connectivity index (χ2n) is 6.81. The van der Waals surface area contributed by atoms with Crippen molar-refractivity contribution in [2.75, 3.05) is 6.61 Å². The van der Waals surface area contributed by atoms with Crippen molar-refractivity contribution in [1.82, 2.24) is 5.32 Å². The molecule has 0 aliphatic carbocycles. The quantitative estimate of drug-likeness (QED) is 0.517. The molecule has 2 aromatic rings. The van der Waals surface area contributed by atoms with Gasteiger partial charge in [-0.05, 0) is 41.0 Å². The first kappa shape index (κ1) is 22.2. The highest BCUT2D eigenvalue weighted by Crippen LogP contribution is 2.41. The molecule has 1 atom stereocenters. The summed E-state index contributed by atoms with van der Waals surface area (Å²) >= 11 is 0. The van der Waals surface area contributed by atoms with Crippen LogP contribution in [0.25, 0.3) is 11.1 Å². The maximum Gasteiger partial charge on any atom is 0.573 e. The summed E-state index contributed by atoms with van der Waals surface area (Å²) < 4.78 is 47.0. The lowest BCUT2D eigenvalue weighted by atomic mass is 9.89. The number of rotatable bonds is 7. The molecule has 0 saturated heterocycles. The van der Waals surface area contributed by atoms with E-state index >= 15 is 0 Å². The average Bonchev–Trinajstić information content (AvgIpc) is 3.22. The van der Waals surface area contributed by atoms with Crippen LogP contribution in [0.1, 0.15) is 16.7 Å². The summed E-state index contributed by atoms with van der Waals surface area (Å²) in [6.07, 6.45) is -4.30. The molecule has 1 aliphatic heterocycles. The van der Waals surface area contributed by atoms with Gasteiger partial charge < -0.3 is 19.9 Å². The Kier molecular flexibility index (Phi) is 6.51. The average molecular weight is 432 g/mol. The molecule has 0 radical (unpaired) electrons. The van der Waals surface area contributed by atoms with Gasteiger partial charge in [0.25, 0.3) is 0 Å². The molecule has 0 aromatic heterocycles. The summed E-state index contributed by atoms with van der Waals surface area (Å²) in [5.74, 6) is -0.191. The SMILES string of the molecule is C=CC(=O)NCc1cc(-c2ccc(OC(F)(F)F)cc2)c2c(c1C[C@@H](O)C#N)CCO2. The Balaban J connectivity index is 2.04. The van der Waals surface area contributed by atoms with Crippen LogP contribution in [0.3, 0.4) is 0 Å². The van der Waals surface area contributed by atoms with Crippen molar-refractivity contribution in [1.29, 1.82) is 5.26 Å². The number of nitriles is 1. The minimum atomic E-state index is -4.79. The summed E-state index contributed by atoms with van der Waals surface area (Å²) in [7, 11) is 0. The number of carbonyl (C=O) groups is 1. The highest BCUT2D eigenvalue weighted by molar-refractivity contribution is 5.87. The molecule has 9 heteroatoms. The molecule has 0 fully saturated rings. The van der Waals surface area contributed by atoms with E-state index < -0.39 is 18.4 Å². The Morgan fingerprint density at radius 2 is 2.10 bits per heavy atom. The van der Waals surface area contributed by atoms with Crippen molar-refractivity contribution in [2.24, 2.45) is 0 Å². The Hall–Kier alpha value is -3.51. The molecule has 2 aromatic carbocycles. The number of hydrogen-bond donors (Lipinski definition) is 2. The van der Waals surface area contributed by atoms with Crippen molar-refractivity contribution < 1.29 is 32.5 Å². The van der Waals surface area contributed by atoms with Crippen LogP contribution >= 0.6 is 0 Å². The maximum atomic E-state index is 12.4. The van der Waals surface area contributed by atoms with Gasteiger partial charge in [-0.1, -0.05) is 18.7 Å². The first-order valence-corrected chi connectivity index (χ1v) is 9.36. The van der Waals surface area contributed by atoms with Crippen molar-refractivity contribution in [3.63, 3.8) is 0 Å². The van der Waals surface area contributed by atoms with E-state index in [0.717, 1.165) is 11.6 Å². The lowest BCUT2D eigenvalue weighted by Gasteiger charge is -2.18.